The first-order valence-corrected chi connectivity index (χ1v) is 8.54. The van der Waals surface area contributed by atoms with Crippen LogP contribution in [0.1, 0.15) is 33.6 Å². The average Bonchev–Trinajstić information content (AvgIpc) is 2.86. The lowest BCUT2D eigenvalue weighted by molar-refractivity contribution is -0.123. The number of carbonyl (C=O) groups is 1. The second-order valence-electron chi connectivity index (χ2n) is 7.27. The molecule has 0 heterocycles. The molecule has 24 heavy (non-hydrogen) atoms. The van der Waals surface area contributed by atoms with Crippen LogP contribution in [0.3, 0.4) is 0 Å². The highest BCUT2D eigenvalue weighted by molar-refractivity contribution is 7.80. The van der Waals surface area contributed by atoms with Gasteiger partial charge in [0.05, 0.1) is 7.11 Å². The van der Waals surface area contributed by atoms with Gasteiger partial charge in [0.2, 0.25) is 0 Å². The van der Waals surface area contributed by atoms with Crippen molar-refractivity contribution in [3.63, 3.8) is 0 Å². The first-order chi connectivity index (χ1) is 11.3. The maximum absolute atomic E-state index is 12.7. The Morgan fingerprint density at radius 1 is 1.29 bits per heavy atom. The van der Waals surface area contributed by atoms with Crippen LogP contribution in [0.25, 0.3) is 0 Å². The number of benzene rings is 1. The molecule has 0 unspecified atom stereocenters. The quantitative estimate of drug-likeness (QED) is 0.650. The molecule has 0 amide bonds. The minimum atomic E-state index is -0.302. The van der Waals surface area contributed by atoms with Crippen molar-refractivity contribution in [3.8, 4) is 5.75 Å². The van der Waals surface area contributed by atoms with Gasteiger partial charge in [0.25, 0.3) is 0 Å². The molecule has 1 aromatic rings. The summed E-state index contributed by atoms with van der Waals surface area (Å²) >= 11 is 5.27. The van der Waals surface area contributed by atoms with E-state index in [1.165, 1.54) is 0 Å². The number of hydrazone groups is 1. The molecular formula is C18H23N3O2S. The maximum atomic E-state index is 12.7. The summed E-state index contributed by atoms with van der Waals surface area (Å²) in [5.41, 5.74) is 3.95. The Bertz CT molecular complexity index is 711. The number of anilines is 1. The number of ketones is 1. The number of ether oxygens (including phenoxy) is 1. The summed E-state index contributed by atoms with van der Waals surface area (Å²) in [5, 5.41) is 7.77. The second kappa shape index (κ2) is 5.84. The van der Waals surface area contributed by atoms with Crippen LogP contribution in [-0.4, -0.2) is 23.7 Å². The van der Waals surface area contributed by atoms with Crippen molar-refractivity contribution in [2.24, 2.45) is 21.8 Å². The van der Waals surface area contributed by atoms with Crippen LogP contribution in [-0.2, 0) is 4.79 Å². The Labute approximate surface area is 147 Å². The molecule has 0 aromatic heterocycles. The molecule has 2 saturated carbocycles. The first-order valence-electron chi connectivity index (χ1n) is 8.13. The minimum Gasteiger partial charge on any atom is -0.497 e. The van der Waals surface area contributed by atoms with E-state index < -0.39 is 0 Å². The summed E-state index contributed by atoms with van der Waals surface area (Å²) in [6.07, 6.45) is 1.95. The lowest BCUT2D eigenvalue weighted by atomic mass is 9.70. The smallest absolute Gasteiger partial charge is 0.191 e. The monoisotopic (exact) mass is 345 g/mol. The van der Waals surface area contributed by atoms with E-state index in [1.807, 2.05) is 24.3 Å². The highest BCUT2D eigenvalue weighted by Crippen LogP contribution is 2.62. The van der Waals surface area contributed by atoms with Crippen molar-refractivity contribution in [2.45, 2.75) is 33.6 Å². The molecule has 0 spiro atoms. The molecule has 6 heteroatoms. The maximum Gasteiger partial charge on any atom is 0.191 e. The molecule has 2 aliphatic carbocycles. The third kappa shape index (κ3) is 2.49. The number of nitrogens with one attached hydrogen (secondary N) is 2. The lowest BCUT2D eigenvalue weighted by Gasteiger charge is -2.31. The van der Waals surface area contributed by atoms with E-state index in [0.717, 1.165) is 24.3 Å². The van der Waals surface area contributed by atoms with Crippen LogP contribution in [0.5, 0.6) is 5.75 Å². The van der Waals surface area contributed by atoms with E-state index in [9.17, 15) is 4.79 Å². The third-order valence-electron chi connectivity index (χ3n) is 5.92. The van der Waals surface area contributed by atoms with Gasteiger partial charge in [-0.25, -0.2) is 0 Å². The Morgan fingerprint density at radius 2 is 1.96 bits per heavy atom. The summed E-state index contributed by atoms with van der Waals surface area (Å²) in [6, 6.07) is 7.43. The zero-order valence-electron chi connectivity index (χ0n) is 14.5. The Kier molecular flexibility index (Phi) is 4.11. The number of Topliss-reactive ketones (excluding diaryl/α,β-unsaturated/α-hetero) is 1. The van der Waals surface area contributed by atoms with Crippen molar-refractivity contribution >= 4 is 34.5 Å². The van der Waals surface area contributed by atoms with Crippen molar-refractivity contribution < 1.29 is 9.53 Å². The van der Waals surface area contributed by atoms with Crippen molar-refractivity contribution in [1.29, 1.82) is 0 Å². The predicted octanol–water partition coefficient (Wildman–Crippen LogP) is 3.36. The predicted molar refractivity (Wildman–Crippen MR) is 99.4 cm³/mol. The number of methoxy groups -OCH3 is 1. The summed E-state index contributed by atoms with van der Waals surface area (Å²) in [5.74, 6) is 1.14. The fourth-order valence-corrected chi connectivity index (χ4v) is 4.06. The molecule has 128 valence electrons. The van der Waals surface area contributed by atoms with Gasteiger partial charge in [-0.15, -0.1) is 0 Å². The average molecular weight is 345 g/mol. The van der Waals surface area contributed by atoms with Gasteiger partial charge >= 0.3 is 0 Å². The lowest BCUT2D eigenvalue weighted by Crippen LogP contribution is -2.34. The van der Waals surface area contributed by atoms with Crippen LogP contribution in [0, 0.1) is 16.7 Å². The molecule has 2 N–H and O–H groups in total. The second-order valence-corrected chi connectivity index (χ2v) is 7.67. The van der Waals surface area contributed by atoms with Crippen LogP contribution in [0.2, 0.25) is 0 Å². The van der Waals surface area contributed by atoms with Crippen molar-refractivity contribution in [3.05, 3.63) is 24.3 Å². The molecule has 2 atom stereocenters. The highest BCUT2D eigenvalue weighted by Gasteiger charge is 2.65. The summed E-state index contributed by atoms with van der Waals surface area (Å²) in [4.78, 5) is 12.7. The Hall–Kier alpha value is -1.95. The van der Waals surface area contributed by atoms with Crippen molar-refractivity contribution in [2.75, 3.05) is 12.4 Å². The molecular weight excluding hydrogens is 322 g/mol. The highest BCUT2D eigenvalue weighted by atomic mass is 32.1. The molecule has 0 radical (unpaired) electrons. The fraction of sp³-hybridized carbons (Fsp3) is 0.500. The van der Waals surface area contributed by atoms with E-state index in [1.54, 1.807) is 7.11 Å². The summed E-state index contributed by atoms with van der Waals surface area (Å²) < 4.78 is 5.12. The zero-order chi connectivity index (χ0) is 17.5. The van der Waals surface area contributed by atoms with E-state index in [-0.39, 0.29) is 22.5 Å². The molecule has 2 bridgehead atoms. The van der Waals surface area contributed by atoms with E-state index in [0.29, 0.717) is 10.8 Å². The number of nitrogens with zero attached hydrogens (tertiary/aromatic N) is 1. The Morgan fingerprint density at radius 3 is 2.50 bits per heavy atom. The summed E-state index contributed by atoms with van der Waals surface area (Å²) in [6.45, 7) is 6.39. The van der Waals surface area contributed by atoms with E-state index in [2.05, 4.69) is 36.6 Å². The summed E-state index contributed by atoms with van der Waals surface area (Å²) in [7, 11) is 1.62. The first kappa shape index (κ1) is 16.9. The standard InChI is InChI=1S/C18H23N3O2S/c1-17(2)13-9-10-18(17,3)15(22)14(13)20-21-16(24)19-11-5-7-12(23-4)8-6-11/h5-8,13H,9-10H2,1-4H3,(H2,19,21,24)/b20-14-/t13-,18-/m0/s1. The van der Waals surface area contributed by atoms with Gasteiger partial charge in [0, 0.05) is 17.0 Å². The van der Waals surface area contributed by atoms with Crippen LogP contribution < -0.4 is 15.5 Å². The van der Waals surface area contributed by atoms with Crippen LogP contribution in [0.4, 0.5) is 5.69 Å². The molecule has 3 rings (SSSR count). The number of fused-ring (bicyclic) bond motifs is 2. The van der Waals surface area contributed by atoms with E-state index in [4.69, 9.17) is 17.0 Å². The van der Waals surface area contributed by atoms with Crippen LogP contribution >= 0.6 is 12.2 Å². The molecule has 2 fully saturated rings. The molecule has 0 aliphatic heterocycles. The minimum absolute atomic E-state index is 0.0460. The molecule has 2 aliphatic rings. The Balaban J connectivity index is 1.67. The zero-order valence-corrected chi connectivity index (χ0v) is 15.3. The van der Waals surface area contributed by atoms with Gasteiger partial charge in [-0.3, -0.25) is 10.2 Å². The van der Waals surface area contributed by atoms with Gasteiger partial charge in [-0.05, 0) is 54.7 Å². The molecule has 0 saturated heterocycles. The number of hydrogen-bond donors (Lipinski definition) is 2. The van der Waals surface area contributed by atoms with Crippen LogP contribution in [0.15, 0.2) is 29.4 Å². The fourth-order valence-electron chi connectivity index (χ4n) is 3.90. The van der Waals surface area contributed by atoms with Gasteiger partial charge in [0.15, 0.2) is 10.9 Å². The normalized spacial score (nSPS) is 28.9. The van der Waals surface area contributed by atoms with Crippen molar-refractivity contribution in [1.82, 2.24) is 5.43 Å². The van der Waals surface area contributed by atoms with Gasteiger partial charge < -0.3 is 10.1 Å². The number of rotatable bonds is 3. The number of hydrogen-bond acceptors (Lipinski definition) is 4. The SMILES string of the molecule is COc1ccc(NC(=S)N/N=C2\C(=O)[C@]3(C)CC[C@@H]2C3(C)C)cc1. The number of thiocarbonyl (C=S) groups is 1. The van der Waals surface area contributed by atoms with E-state index >= 15 is 0 Å². The third-order valence-corrected chi connectivity index (χ3v) is 6.11. The van der Waals surface area contributed by atoms with Gasteiger partial charge in [0.1, 0.15) is 11.5 Å². The van der Waals surface area contributed by atoms with Gasteiger partial charge in [-0.2, -0.15) is 5.10 Å². The number of carbonyl (C=O) groups excluding carboxylic acids is 1. The largest absolute Gasteiger partial charge is 0.497 e. The van der Waals surface area contributed by atoms with Gasteiger partial charge in [-0.1, -0.05) is 20.8 Å². The topological polar surface area (TPSA) is 62.7 Å². The molecule has 5 nitrogen and oxygen atoms in total. The molecule has 1 aromatic carbocycles.